The highest BCUT2D eigenvalue weighted by Crippen LogP contribution is 2.38. The van der Waals surface area contributed by atoms with Crippen LogP contribution in [0.1, 0.15) is 18.1 Å². The van der Waals surface area contributed by atoms with Gasteiger partial charge in [-0.15, -0.1) is 5.21 Å². The van der Waals surface area contributed by atoms with Crippen molar-refractivity contribution in [3.63, 3.8) is 0 Å². The number of H-pyrrole nitrogens is 1. The average molecular weight is 377 g/mol. The molecule has 7 nitrogen and oxygen atoms in total. The molecule has 0 aliphatic carbocycles. The number of aromatic nitrogens is 4. The van der Waals surface area contributed by atoms with E-state index in [0.29, 0.717) is 29.7 Å². The third-order valence-corrected chi connectivity index (χ3v) is 3.68. The number of halogens is 2. The van der Waals surface area contributed by atoms with E-state index in [1.807, 2.05) is 6.92 Å². The summed E-state index contributed by atoms with van der Waals surface area (Å²) in [4.78, 5) is 0. The molecule has 0 unspecified atom stereocenters. The summed E-state index contributed by atoms with van der Waals surface area (Å²) < 4.78 is 24.4. The fraction of sp³-hybridized carbons (Fsp3) is 0.235. The Morgan fingerprint density at radius 2 is 1.96 bits per heavy atom. The van der Waals surface area contributed by atoms with Gasteiger partial charge in [0.2, 0.25) is 0 Å². The number of nitrogens with zero attached hydrogens (tertiary/aromatic N) is 4. The fourth-order valence-electron chi connectivity index (χ4n) is 2.24. The van der Waals surface area contributed by atoms with Crippen LogP contribution in [0.3, 0.4) is 0 Å². The molecule has 0 amide bonds. The molecule has 0 saturated heterocycles. The lowest BCUT2D eigenvalue weighted by atomic mass is 10.2. The molecule has 136 valence electrons. The number of benzene rings is 2. The van der Waals surface area contributed by atoms with Gasteiger partial charge in [-0.1, -0.05) is 23.7 Å². The van der Waals surface area contributed by atoms with Crippen LogP contribution in [0, 0.1) is 5.82 Å². The Labute approximate surface area is 154 Å². The maximum absolute atomic E-state index is 13.0. The lowest BCUT2D eigenvalue weighted by Crippen LogP contribution is -2.01. The van der Waals surface area contributed by atoms with Gasteiger partial charge in [-0.2, -0.15) is 0 Å². The number of aromatic amines is 1. The zero-order valence-corrected chi connectivity index (χ0v) is 14.7. The molecule has 0 aliphatic heterocycles. The summed E-state index contributed by atoms with van der Waals surface area (Å²) in [5.74, 6) is 0.911. The van der Waals surface area contributed by atoms with Crippen LogP contribution in [-0.4, -0.2) is 27.2 Å². The van der Waals surface area contributed by atoms with Crippen LogP contribution in [0.25, 0.3) is 5.32 Å². The van der Waals surface area contributed by atoms with Gasteiger partial charge in [0.1, 0.15) is 12.4 Å². The van der Waals surface area contributed by atoms with Crippen molar-refractivity contribution in [2.24, 2.45) is 0 Å². The average Bonchev–Trinajstić information content (AvgIpc) is 3.14. The van der Waals surface area contributed by atoms with E-state index < -0.39 is 0 Å². The van der Waals surface area contributed by atoms with Crippen LogP contribution >= 0.6 is 11.6 Å². The summed E-state index contributed by atoms with van der Waals surface area (Å²) in [6, 6.07) is 9.62. The first-order valence-electron chi connectivity index (χ1n) is 7.89. The van der Waals surface area contributed by atoms with E-state index in [-0.39, 0.29) is 18.4 Å². The molecular weight excluding hydrogens is 361 g/mol. The van der Waals surface area contributed by atoms with Crippen molar-refractivity contribution in [1.82, 2.24) is 20.6 Å². The van der Waals surface area contributed by atoms with Crippen molar-refractivity contribution >= 4 is 17.5 Å². The van der Waals surface area contributed by atoms with Gasteiger partial charge in [-0.05, 0) is 42.3 Å². The van der Waals surface area contributed by atoms with Crippen molar-refractivity contribution < 1.29 is 13.9 Å². The first-order valence-corrected chi connectivity index (χ1v) is 8.27. The summed E-state index contributed by atoms with van der Waals surface area (Å²) in [6.45, 7) is 2.88. The number of hydrogen-bond acceptors (Lipinski definition) is 5. The molecule has 1 heterocycles. The smallest absolute Gasteiger partial charge is 0.180 e. The number of rotatable bonds is 8. The van der Waals surface area contributed by atoms with E-state index in [1.165, 1.54) is 12.1 Å². The van der Waals surface area contributed by atoms with Crippen molar-refractivity contribution in [3.05, 3.63) is 63.7 Å². The summed E-state index contributed by atoms with van der Waals surface area (Å²) in [6.07, 6.45) is 0. The van der Waals surface area contributed by atoms with E-state index in [9.17, 15) is 4.39 Å². The van der Waals surface area contributed by atoms with Crippen molar-refractivity contribution in [2.45, 2.75) is 20.1 Å². The molecular formula is C17H16ClFN5O2-. The van der Waals surface area contributed by atoms with Gasteiger partial charge in [0.25, 0.3) is 0 Å². The highest BCUT2D eigenvalue weighted by molar-refractivity contribution is 6.32. The number of hydrogen-bond donors (Lipinski definition) is 1. The van der Waals surface area contributed by atoms with E-state index in [2.05, 4.69) is 25.9 Å². The van der Waals surface area contributed by atoms with Crippen LogP contribution in [-0.2, 0) is 13.2 Å². The number of nitrogens with one attached hydrogen (secondary N) is 1. The molecule has 0 bridgehead atoms. The van der Waals surface area contributed by atoms with Crippen LogP contribution in [0.5, 0.6) is 11.5 Å². The van der Waals surface area contributed by atoms with Crippen molar-refractivity contribution in [3.8, 4) is 11.5 Å². The molecule has 0 spiro atoms. The number of ether oxygens (including phenoxy) is 2. The second kappa shape index (κ2) is 8.48. The Balaban J connectivity index is 1.74. The van der Waals surface area contributed by atoms with Gasteiger partial charge >= 0.3 is 0 Å². The lowest BCUT2D eigenvalue weighted by molar-refractivity contribution is 0.269. The van der Waals surface area contributed by atoms with Gasteiger partial charge in [0.15, 0.2) is 11.5 Å². The van der Waals surface area contributed by atoms with Gasteiger partial charge in [-0.25, -0.2) is 4.39 Å². The number of tetrazole rings is 1. The Kier molecular flexibility index (Phi) is 5.85. The molecule has 3 aromatic rings. The lowest BCUT2D eigenvalue weighted by Gasteiger charge is -2.16. The van der Waals surface area contributed by atoms with Crippen molar-refractivity contribution in [2.75, 3.05) is 6.61 Å². The SMILES string of the molecule is CCOc1cc(C[N-]c2nn[nH]n2)cc(Cl)c1OCc1ccc(F)cc1. The molecule has 0 saturated carbocycles. The molecule has 3 rings (SSSR count). The van der Waals surface area contributed by atoms with E-state index in [4.69, 9.17) is 21.1 Å². The Bertz CT molecular complexity index is 843. The maximum Gasteiger partial charge on any atom is 0.180 e. The van der Waals surface area contributed by atoms with Crippen LogP contribution in [0.4, 0.5) is 10.3 Å². The standard InChI is InChI=1S/C17H16ClFN5O2/c1-2-25-15-8-12(9-20-17-21-23-24-22-17)7-14(18)16(15)26-10-11-3-5-13(19)6-4-11/h3-8H,2,9-10H2,1H3,(H-,20,21,22,23,24)/q-1. The highest BCUT2D eigenvalue weighted by atomic mass is 35.5. The summed E-state index contributed by atoms with van der Waals surface area (Å²) in [5.41, 5.74) is 1.64. The maximum atomic E-state index is 13.0. The quantitative estimate of drug-likeness (QED) is 0.637. The van der Waals surface area contributed by atoms with Crippen molar-refractivity contribution in [1.29, 1.82) is 0 Å². The topological polar surface area (TPSA) is 87.0 Å². The second-order valence-corrected chi connectivity index (χ2v) is 5.69. The first-order chi connectivity index (χ1) is 12.7. The van der Waals surface area contributed by atoms with Gasteiger partial charge in [0.05, 0.1) is 17.6 Å². The largest absolute Gasteiger partial charge is 0.490 e. The minimum atomic E-state index is -0.295. The third-order valence-electron chi connectivity index (χ3n) is 3.40. The minimum absolute atomic E-state index is 0.243. The molecule has 0 aliphatic rings. The first kappa shape index (κ1) is 17.9. The Morgan fingerprint density at radius 3 is 2.65 bits per heavy atom. The Hall–Kier alpha value is -2.87. The molecule has 1 N–H and O–H groups in total. The molecule has 2 aromatic carbocycles. The van der Waals surface area contributed by atoms with Crippen LogP contribution < -0.4 is 9.47 Å². The zero-order valence-electron chi connectivity index (χ0n) is 13.9. The molecule has 26 heavy (non-hydrogen) atoms. The monoisotopic (exact) mass is 376 g/mol. The van der Waals surface area contributed by atoms with E-state index >= 15 is 0 Å². The Morgan fingerprint density at radius 1 is 1.15 bits per heavy atom. The zero-order chi connectivity index (χ0) is 18.4. The fourth-order valence-corrected chi connectivity index (χ4v) is 2.53. The van der Waals surface area contributed by atoms with Crippen LogP contribution in [0.2, 0.25) is 5.02 Å². The van der Waals surface area contributed by atoms with E-state index in [0.717, 1.165) is 11.1 Å². The predicted molar refractivity (Wildman–Crippen MR) is 94.3 cm³/mol. The van der Waals surface area contributed by atoms with Crippen LogP contribution in [0.15, 0.2) is 36.4 Å². The second-order valence-electron chi connectivity index (χ2n) is 5.28. The highest BCUT2D eigenvalue weighted by Gasteiger charge is 2.13. The normalized spacial score (nSPS) is 10.6. The minimum Gasteiger partial charge on any atom is -0.490 e. The summed E-state index contributed by atoms with van der Waals surface area (Å²) >= 11 is 6.37. The van der Waals surface area contributed by atoms with E-state index in [1.54, 1.807) is 24.3 Å². The molecule has 1 aromatic heterocycles. The summed E-state index contributed by atoms with van der Waals surface area (Å²) in [7, 11) is 0. The molecule has 0 radical (unpaired) electrons. The molecule has 0 atom stereocenters. The van der Waals surface area contributed by atoms with Gasteiger partial charge < -0.3 is 14.8 Å². The third kappa shape index (κ3) is 4.60. The molecule has 9 heteroatoms. The summed E-state index contributed by atoms with van der Waals surface area (Å²) in [5, 5.41) is 17.9. The molecule has 0 fully saturated rings. The van der Waals surface area contributed by atoms with Gasteiger partial charge in [-0.3, -0.25) is 15.4 Å². The predicted octanol–water partition coefficient (Wildman–Crippen LogP) is 4.18. The van der Waals surface area contributed by atoms with Gasteiger partial charge in [0, 0.05) is 6.54 Å².